The van der Waals surface area contributed by atoms with Crippen molar-refractivity contribution < 1.29 is 29.3 Å². The number of ketones is 1. The van der Waals surface area contributed by atoms with E-state index >= 15 is 0 Å². The van der Waals surface area contributed by atoms with E-state index < -0.39 is 34.9 Å². The minimum atomic E-state index is -1.96. The van der Waals surface area contributed by atoms with Crippen molar-refractivity contribution in [3.05, 3.63) is 46.5 Å². The molecule has 3 aliphatic rings. The van der Waals surface area contributed by atoms with Crippen LogP contribution in [0.3, 0.4) is 0 Å². The number of carboxylic acid groups (broad SMARTS) is 2. The standard InChI is InChI=1S/C28H38N2O6/c1-14(2)27(29,24(32)33)20-10-16(8-9-17-12-21(31)19-13-18(17)26(19,5)6)11-22(36-7)23(20)28(30,15(3)4)25(34)35/h8-12,14-15,18-19H,13,29-30H2,1-7H3,(H,32,33)(H,34,35)/b9-8+/t18-,19+,27-,28-/m0/s1. The minimum Gasteiger partial charge on any atom is -0.496 e. The van der Waals surface area contributed by atoms with Gasteiger partial charge in [0.15, 0.2) is 5.78 Å². The lowest BCUT2D eigenvalue weighted by Crippen LogP contribution is -2.55. The maximum atomic E-state index is 12.5. The number of methoxy groups -OCH3 is 1. The lowest BCUT2D eigenvalue weighted by molar-refractivity contribution is -0.148. The summed E-state index contributed by atoms with van der Waals surface area (Å²) in [6, 6.07) is 3.21. The van der Waals surface area contributed by atoms with Crippen molar-refractivity contribution in [2.75, 3.05) is 7.11 Å². The molecule has 1 fully saturated rings. The van der Waals surface area contributed by atoms with E-state index in [2.05, 4.69) is 13.8 Å². The highest BCUT2D eigenvalue weighted by Gasteiger charge is 2.55. The molecule has 36 heavy (non-hydrogen) atoms. The van der Waals surface area contributed by atoms with Crippen LogP contribution in [0.5, 0.6) is 5.75 Å². The van der Waals surface area contributed by atoms with E-state index in [0.29, 0.717) is 5.56 Å². The molecule has 2 bridgehead atoms. The second kappa shape index (κ2) is 9.16. The third kappa shape index (κ3) is 3.96. The van der Waals surface area contributed by atoms with Crippen LogP contribution in [-0.4, -0.2) is 35.0 Å². The Labute approximate surface area is 212 Å². The number of benzene rings is 1. The van der Waals surface area contributed by atoms with Crippen LogP contribution in [0.4, 0.5) is 0 Å². The molecule has 8 heteroatoms. The zero-order valence-corrected chi connectivity index (χ0v) is 22.1. The predicted octanol–water partition coefficient (Wildman–Crippen LogP) is 3.67. The molecule has 0 aliphatic heterocycles. The third-order valence-electron chi connectivity index (χ3n) is 8.52. The van der Waals surface area contributed by atoms with E-state index in [9.17, 15) is 24.6 Å². The summed E-state index contributed by atoms with van der Waals surface area (Å²) >= 11 is 0. The number of fused-ring (bicyclic) bond motifs is 1. The van der Waals surface area contributed by atoms with E-state index in [0.717, 1.165) is 12.0 Å². The number of carbonyl (C=O) groups excluding carboxylic acids is 1. The molecule has 6 N–H and O–H groups in total. The highest BCUT2D eigenvalue weighted by molar-refractivity contribution is 5.97. The van der Waals surface area contributed by atoms with Gasteiger partial charge in [-0.05, 0) is 64.5 Å². The van der Waals surface area contributed by atoms with Gasteiger partial charge in [-0.2, -0.15) is 0 Å². The molecular weight excluding hydrogens is 460 g/mol. The fraction of sp³-hybridized carbons (Fsp3) is 0.536. The van der Waals surface area contributed by atoms with Gasteiger partial charge in [0, 0.05) is 11.5 Å². The lowest BCUT2D eigenvalue weighted by atomic mass is 9.48. The number of carbonyl (C=O) groups is 3. The molecule has 0 saturated heterocycles. The van der Waals surface area contributed by atoms with E-state index in [1.54, 1.807) is 52.0 Å². The molecular formula is C28H38N2O6. The van der Waals surface area contributed by atoms with Crippen LogP contribution in [0.15, 0.2) is 29.9 Å². The highest BCUT2D eigenvalue weighted by atomic mass is 16.5. The molecule has 8 nitrogen and oxygen atoms in total. The second-order valence-electron chi connectivity index (χ2n) is 11.3. The Morgan fingerprint density at radius 3 is 2.00 bits per heavy atom. The molecule has 4 rings (SSSR count). The average molecular weight is 499 g/mol. The van der Waals surface area contributed by atoms with Crippen LogP contribution in [0.25, 0.3) is 6.08 Å². The van der Waals surface area contributed by atoms with Crippen molar-refractivity contribution in [1.29, 1.82) is 0 Å². The molecule has 1 aromatic carbocycles. The summed E-state index contributed by atoms with van der Waals surface area (Å²) in [7, 11) is 1.38. The third-order valence-corrected chi connectivity index (χ3v) is 8.52. The number of aliphatic carboxylic acids is 2. The Kier molecular flexibility index (Phi) is 7.03. The van der Waals surface area contributed by atoms with Gasteiger partial charge in [0.1, 0.15) is 16.8 Å². The largest absolute Gasteiger partial charge is 0.496 e. The number of hydrogen-bond acceptors (Lipinski definition) is 6. The second-order valence-corrected chi connectivity index (χ2v) is 11.3. The average Bonchev–Trinajstić information content (AvgIpc) is 2.79. The van der Waals surface area contributed by atoms with Gasteiger partial charge in [-0.15, -0.1) is 0 Å². The molecule has 0 heterocycles. The quantitative estimate of drug-likeness (QED) is 0.402. The van der Waals surface area contributed by atoms with Crippen molar-refractivity contribution in [3.63, 3.8) is 0 Å². The number of hydrogen-bond donors (Lipinski definition) is 4. The summed E-state index contributed by atoms with van der Waals surface area (Å²) in [4.78, 5) is 37.5. The minimum absolute atomic E-state index is 0.0401. The molecule has 1 saturated carbocycles. The molecule has 0 aromatic heterocycles. The normalized spacial score (nSPS) is 24.2. The van der Waals surface area contributed by atoms with E-state index in [4.69, 9.17) is 16.2 Å². The van der Waals surface area contributed by atoms with Crippen LogP contribution < -0.4 is 16.2 Å². The summed E-state index contributed by atoms with van der Waals surface area (Å²) in [5.74, 6) is -3.27. The van der Waals surface area contributed by atoms with E-state index in [1.165, 1.54) is 7.11 Å². The van der Waals surface area contributed by atoms with Crippen molar-refractivity contribution in [2.24, 2.45) is 40.6 Å². The van der Waals surface area contributed by atoms with Gasteiger partial charge in [-0.3, -0.25) is 4.79 Å². The zero-order valence-electron chi connectivity index (χ0n) is 22.1. The van der Waals surface area contributed by atoms with E-state index in [-0.39, 0.29) is 39.9 Å². The number of nitrogens with two attached hydrogens (primary N) is 2. The van der Waals surface area contributed by atoms with E-state index in [1.807, 2.05) is 6.08 Å². The van der Waals surface area contributed by atoms with Crippen LogP contribution in [0.2, 0.25) is 0 Å². The lowest BCUT2D eigenvalue weighted by Gasteiger charge is -2.54. The first kappa shape index (κ1) is 27.6. The van der Waals surface area contributed by atoms with Gasteiger partial charge >= 0.3 is 11.9 Å². The number of ether oxygens (including phenoxy) is 1. The van der Waals surface area contributed by atoms with Crippen molar-refractivity contribution in [1.82, 2.24) is 0 Å². The smallest absolute Gasteiger partial charge is 0.328 e. The first-order valence-electron chi connectivity index (χ1n) is 12.2. The summed E-state index contributed by atoms with van der Waals surface area (Å²) in [6.07, 6.45) is 6.14. The fourth-order valence-electron chi connectivity index (χ4n) is 5.66. The number of rotatable bonds is 9. The molecule has 0 radical (unpaired) electrons. The molecule has 0 amide bonds. The summed E-state index contributed by atoms with van der Waals surface area (Å²) in [6.45, 7) is 10.8. The van der Waals surface area contributed by atoms with Gasteiger partial charge in [0.05, 0.1) is 7.11 Å². The van der Waals surface area contributed by atoms with Crippen molar-refractivity contribution in [2.45, 2.75) is 59.0 Å². The van der Waals surface area contributed by atoms with Crippen LogP contribution in [-0.2, 0) is 25.5 Å². The van der Waals surface area contributed by atoms with Crippen molar-refractivity contribution >= 4 is 23.8 Å². The van der Waals surface area contributed by atoms with Gasteiger partial charge in [-0.1, -0.05) is 53.7 Å². The molecule has 0 spiro atoms. The number of allylic oxidation sites excluding steroid dienone is 3. The van der Waals surface area contributed by atoms with Crippen LogP contribution >= 0.6 is 0 Å². The Morgan fingerprint density at radius 1 is 1.03 bits per heavy atom. The summed E-state index contributed by atoms with van der Waals surface area (Å²) in [5, 5.41) is 20.4. The molecule has 3 aliphatic carbocycles. The van der Waals surface area contributed by atoms with Gasteiger partial charge in [-0.25, -0.2) is 9.59 Å². The Hall–Kier alpha value is -2.97. The number of carboxylic acids is 2. The Morgan fingerprint density at radius 2 is 1.58 bits per heavy atom. The Balaban J connectivity index is 2.28. The zero-order chi connectivity index (χ0) is 27.4. The maximum absolute atomic E-state index is 12.5. The summed E-state index contributed by atoms with van der Waals surface area (Å²) < 4.78 is 5.60. The summed E-state index contributed by atoms with van der Waals surface area (Å²) in [5.41, 5.74) is 10.6. The predicted molar refractivity (Wildman–Crippen MR) is 137 cm³/mol. The molecule has 0 unspecified atom stereocenters. The monoisotopic (exact) mass is 498 g/mol. The first-order valence-corrected chi connectivity index (χ1v) is 12.2. The first-order chi connectivity index (χ1) is 16.5. The van der Waals surface area contributed by atoms with Gasteiger partial charge < -0.3 is 26.4 Å². The molecule has 1 aromatic rings. The van der Waals surface area contributed by atoms with Crippen LogP contribution in [0, 0.1) is 29.1 Å². The SMILES string of the molecule is COc1cc(/C=C/C2=CC(=O)[C@H]3C[C@@H]2C3(C)C)cc([C@](N)(C(=O)O)C(C)C)c1[C@](N)(C(=O)O)C(C)C. The topological polar surface area (TPSA) is 153 Å². The van der Waals surface area contributed by atoms with Gasteiger partial charge in [0.25, 0.3) is 0 Å². The molecule has 196 valence electrons. The fourth-order valence-corrected chi connectivity index (χ4v) is 5.66. The molecule has 4 atom stereocenters. The maximum Gasteiger partial charge on any atom is 0.328 e. The van der Waals surface area contributed by atoms with Gasteiger partial charge in [0.2, 0.25) is 0 Å². The van der Waals surface area contributed by atoms with Crippen LogP contribution in [0.1, 0.15) is 64.7 Å². The Bertz CT molecular complexity index is 1160. The highest BCUT2D eigenvalue weighted by Crippen LogP contribution is 2.58. The van der Waals surface area contributed by atoms with Crippen molar-refractivity contribution in [3.8, 4) is 5.75 Å².